The van der Waals surface area contributed by atoms with E-state index in [1.807, 2.05) is 72.8 Å². The maximum atomic E-state index is 11.3. The van der Waals surface area contributed by atoms with E-state index in [-0.39, 0.29) is 51.5 Å². The molecule has 0 aliphatic rings. The normalized spacial score (nSPS) is 11.2. The third-order valence-electron chi connectivity index (χ3n) is 7.13. The zero-order chi connectivity index (χ0) is 27.9. The smallest absolute Gasteiger partial charge is 0.127 e. The Balaban J connectivity index is 0.00000205. The van der Waals surface area contributed by atoms with Crippen molar-refractivity contribution in [2.45, 2.75) is 52.4 Å². The topological polar surface area (TPSA) is 53.4 Å². The average molecular weight is 742 g/mol. The molecule has 5 heteroatoms. The number of phenols is 2. The number of phenolic OH excluding ortho intramolecular Hbond substituents is 2. The van der Waals surface area contributed by atoms with Crippen LogP contribution in [0.2, 0.25) is 0 Å². The van der Waals surface area contributed by atoms with E-state index < -0.39 is 0 Å². The van der Waals surface area contributed by atoms with Gasteiger partial charge in [0, 0.05) is 53.5 Å². The third kappa shape index (κ3) is 6.79. The van der Waals surface area contributed by atoms with Crippen LogP contribution in [0, 0.1) is 14.9 Å². The summed E-state index contributed by atoms with van der Waals surface area (Å²) in [4.78, 5) is 5.08. The van der Waals surface area contributed by atoms with E-state index in [0.717, 1.165) is 55.2 Å². The van der Waals surface area contributed by atoms with Crippen LogP contribution in [0.4, 0.5) is 0 Å². The Morgan fingerprint density at radius 1 is 0.524 bits per heavy atom. The molecule has 218 valence electrons. The summed E-state index contributed by atoms with van der Waals surface area (Å²) in [5.74, 6) is 0.626. The van der Waals surface area contributed by atoms with E-state index in [9.17, 15) is 10.2 Å². The Kier molecular flexibility index (Phi) is 11.3. The molecular formula is C37H41HfNO2S-2. The Morgan fingerprint density at radius 2 is 0.905 bits per heavy atom. The van der Waals surface area contributed by atoms with Gasteiger partial charge < -0.3 is 25.1 Å². The Labute approximate surface area is 275 Å². The fourth-order valence-electron chi connectivity index (χ4n) is 5.10. The number of para-hydroxylation sites is 2. The standard InChI is InChI=1S/C35H35NO2S.2CH3.Hf/c1-34(2,3)28-19-11-17-25(31(28)37)22-13-7-9-15-24(22)30-21-39-33(36-30)27-16-10-8-14-23(27)26-18-12-20-29(32(26)38)35(4,5)6;;;/h7-21,37-38H,1-6H3;2*1H3;/q;2*-1;. The van der Waals surface area contributed by atoms with Crippen LogP contribution in [0.15, 0.2) is 90.3 Å². The summed E-state index contributed by atoms with van der Waals surface area (Å²) in [6.07, 6.45) is 0. The van der Waals surface area contributed by atoms with Crippen LogP contribution < -0.4 is 0 Å². The zero-order valence-corrected chi connectivity index (χ0v) is 30.3. The molecule has 0 saturated heterocycles. The summed E-state index contributed by atoms with van der Waals surface area (Å²) in [7, 11) is 0. The van der Waals surface area contributed by atoms with Gasteiger partial charge in [-0.05, 0) is 33.1 Å². The van der Waals surface area contributed by atoms with Gasteiger partial charge in [0.1, 0.15) is 16.5 Å². The molecule has 1 aromatic heterocycles. The minimum absolute atomic E-state index is 0. The van der Waals surface area contributed by atoms with Gasteiger partial charge in [-0.1, -0.05) is 126 Å². The van der Waals surface area contributed by atoms with Crippen LogP contribution in [0.1, 0.15) is 52.7 Å². The number of benzene rings is 4. The molecule has 4 aromatic carbocycles. The Hall–Kier alpha value is -3.02. The number of aromatic hydroxyl groups is 2. The van der Waals surface area contributed by atoms with Crippen LogP contribution in [0.5, 0.6) is 11.5 Å². The van der Waals surface area contributed by atoms with Gasteiger partial charge in [-0.15, -0.1) is 11.3 Å². The maximum Gasteiger partial charge on any atom is 0.127 e. The number of aromatic nitrogens is 1. The SMILES string of the molecule is CC(C)(C)c1cccc(-c2ccccc2-c2csc(-c3ccccc3-c3cccc(C(C)(C)C)c3O)n2)c1O.[CH3-].[CH3-].[Hf]. The molecule has 5 aromatic rings. The molecule has 3 nitrogen and oxygen atoms in total. The number of nitrogens with zero attached hydrogens (tertiary/aromatic N) is 1. The van der Waals surface area contributed by atoms with Crippen LogP contribution in [-0.4, -0.2) is 15.2 Å². The molecule has 42 heavy (non-hydrogen) atoms. The first-order chi connectivity index (χ1) is 18.5. The van der Waals surface area contributed by atoms with Crippen molar-refractivity contribution in [2.24, 2.45) is 0 Å². The second kappa shape index (κ2) is 13.5. The molecule has 0 aliphatic heterocycles. The molecular weight excluding hydrogens is 701 g/mol. The molecule has 0 amide bonds. The second-order valence-electron chi connectivity index (χ2n) is 12.0. The van der Waals surface area contributed by atoms with Gasteiger partial charge in [0.05, 0.1) is 5.69 Å². The largest absolute Gasteiger partial charge is 0.507 e. The zero-order valence-electron chi connectivity index (χ0n) is 25.9. The van der Waals surface area contributed by atoms with Crippen molar-refractivity contribution >= 4 is 11.3 Å². The van der Waals surface area contributed by atoms with E-state index in [0.29, 0.717) is 11.5 Å². The van der Waals surface area contributed by atoms with Gasteiger partial charge in [-0.2, -0.15) is 0 Å². The summed E-state index contributed by atoms with van der Waals surface area (Å²) in [5, 5.41) is 25.5. The molecule has 0 bridgehead atoms. The molecule has 1 heterocycles. The van der Waals surface area contributed by atoms with E-state index in [1.54, 1.807) is 11.3 Å². The quantitative estimate of drug-likeness (QED) is 0.142. The summed E-state index contributed by atoms with van der Waals surface area (Å²) in [6.45, 7) is 12.6. The Morgan fingerprint density at radius 3 is 1.36 bits per heavy atom. The molecule has 0 spiro atoms. The summed E-state index contributed by atoms with van der Waals surface area (Å²) < 4.78 is 0. The van der Waals surface area contributed by atoms with Crippen LogP contribution >= 0.6 is 11.3 Å². The van der Waals surface area contributed by atoms with E-state index in [2.05, 4.69) is 59.1 Å². The molecule has 0 fully saturated rings. The summed E-state index contributed by atoms with van der Waals surface area (Å²) in [6, 6.07) is 28.1. The average Bonchev–Trinajstić information content (AvgIpc) is 3.38. The second-order valence-corrected chi connectivity index (χ2v) is 12.9. The van der Waals surface area contributed by atoms with Gasteiger partial charge in [-0.3, -0.25) is 0 Å². The molecule has 0 radical (unpaired) electrons. The molecule has 0 saturated carbocycles. The molecule has 0 unspecified atom stereocenters. The monoisotopic (exact) mass is 743 g/mol. The first-order valence-electron chi connectivity index (χ1n) is 13.3. The van der Waals surface area contributed by atoms with Crippen molar-refractivity contribution in [3.8, 4) is 55.6 Å². The van der Waals surface area contributed by atoms with Crippen LogP contribution in [-0.2, 0) is 36.7 Å². The summed E-state index contributed by atoms with van der Waals surface area (Å²) in [5.41, 5.74) is 7.78. The van der Waals surface area contributed by atoms with Crippen LogP contribution in [0.25, 0.3) is 44.1 Å². The fourth-order valence-corrected chi connectivity index (χ4v) is 5.96. The maximum absolute atomic E-state index is 11.3. The van der Waals surface area contributed by atoms with Crippen molar-refractivity contribution in [1.29, 1.82) is 0 Å². The van der Waals surface area contributed by atoms with Crippen LogP contribution in [0.3, 0.4) is 0 Å². The van der Waals surface area contributed by atoms with Gasteiger partial charge in [0.15, 0.2) is 0 Å². The van der Waals surface area contributed by atoms with E-state index >= 15 is 0 Å². The van der Waals surface area contributed by atoms with Gasteiger partial charge in [0.25, 0.3) is 0 Å². The Bertz CT molecular complexity index is 1540. The molecule has 2 N–H and O–H groups in total. The minimum atomic E-state index is -0.178. The molecule has 0 atom stereocenters. The van der Waals surface area contributed by atoms with Crippen molar-refractivity contribution in [3.05, 3.63) is 116 Å². The van der Waals surface area contributed by atoms with Gasteiger partial charge in [-0.25, -0.2) is 4.98 Å². The molecule has 5 rings (SSSR count). The summed E-state index contributed by atoms with van der Waals surface area (Å²) >= 11 is 1.58. The van der Waals surface area contributed by atoms with Crippen molar-refractivity contribution in [2.75, 3.05) is 0 Å². The van der Waals surface area contributed by atoms with E-state index in [1.165, 1.54) is 0 Å². The fraction of sp³-hybridized carbons (Fsp3) is 0.216. The number of rotatable bonds is 4. The minimum Gasteiger partial charge on any atom is -0.507 e. The van der Waals surface area contributed by atoms with Gasteiger partial charge >= 0.3 is 0 Å². The van der Waals surface area contributed by atoms with Crippen molar-refractivity contribution in [3.63, 3.8) is 0 Å². The predicted molar refractivity (Wildman–Crippen MR) is 177 cm³/mol. The number of hydrogen-bond acceptors (Lipinski definition) is 4. The predicted octanol–water partition coefficient (Wildman–Crippen LogP) is 10.7. The number of hydrogen-bond donors (Lipinski definition) is 2. The first-order valence-corrected chi connectivity index (χ1v) is 14.1. The van der Waals surface area contributed by atoms with E-state index in [4.69, 9.17) is 4.98 Å². The number of thiazole rings is 1. The van der Waals surface area contributed by atoms with Crippen molar-refractivity contribution in [1.82, 2.24) is 4.98 Å². The van der Waals surface area contributed by atoms with Crippen molar-refractivity contribution < 1.29 is 36.1 Å². The third-order valence-corrected chi connectivity index (χ3v) is 8.01. The molecule has 0 aliphatic carbocycles. The first kappa shape index (κ1) is 35.2. The van der Waals surface area contributed by atoms with Gasteiger partial charge in [0.2, 0.25) is 0 Å².